The lowest BCUT2D eigenvalue weighted by Crippen LogP contribution is -2.02. The average Bonchev–Trinajstić information content (AvgIpc) is 2.64. The summed E-state index contributed by atoms with van der Waals surface area (Å²) in [6.07, 6.45) is 13.7. The zero-order chi connectivity index (χ0) is 18.2. The molecule has 0 amide bonds. The van der Waals surface area contributed by atoms with Gasteiger partial charge >= 0.3 is 0 Å². The van der Waals surface area contributed by atoms with Gasteiger partial charge in [0.1, 0.15) is 0 Å². The lowest BCUT2D eigenvalue weighted by Gasteiger charge is -2.12. The summed E-state index contributed by atoms with van der Waals surface area (Å²) in [5.41, 5.74) is 0.972. The molecule has 2 N–H and O–H groups in total. The highest BCUT2D eigenvalue weighted by Crippen LogP contribution is 2.29. The molecule has 0 aromatic heterocycles. The van der Waals surface area contributed by atoms with Crippen LogP contribution in [0.15, 0.2) is 24.8 Å². The SMILES string of the molecule is C=Cc1ccc(OCO)c(OCCCCCCCCCCCCO)c1. The van der Waals surface area contributed by atoms with Gasteiger partial charge in [0.25, 0.3) is 0 Å². The second-order valence-electron chi connectivity index (χ2n) is 6.29. The summed E-state index contributed by atoms with van der Waals surface area (Å²) in [6.45, 7) is 4.38. The van der Waals surface area contributed by atoms with Crippen LogP contribution in [0.2, 0.25) is 0 Å². The summed E-state index contributed by atoms with van der Waals surface area (Å²) >= 11 is 0. The predicted octanol–water partition coefficient (Wildman–Crippen LogP) is 4.93. The molecule has 4 heteroatoms. The first-order chi connectivity index (χ1) is 12.3. The van der Waals surface area contributed by atoms with Gasteiger partial charge in [0.15, 0.2) is 18.3 Å². The molecule has 1 rings (SSSR count). The van der Waals surface area contributed by atoms with Gasteiger partial charge in [0.2, 0.25) is 0 Å². The van der Waals surface area contributed by atoms with Crippen LogP contribution >= 0.6 is 0 Å². The minimum absolute atomic E-state index is 0.327. The molecule has 0 bridgehead atoms. The molecule has 0 atom stereocenters. The molecule has 1 aromatic rings. The molecule has 0 heterocycles. The number of aliphatic hydroxyl groups excluding tert-OH is 2. The van der Waals surface area contributed by atoms with E-state index in [4.69, 9.17) is 19.7 Å². The smallest absolute Gasteiger partial charge is 0.186 e. The van der Waals surface area contributed by atoms with E-state index >= 15 is 0 Å². The second kappa shape index (κ2) is 14.8. The topological polar surface area (TPSA) is 58.9 Å². The molecular weight excluding hydrogens is 316 g/mol. The molecule has 0 aliphatic rings. The van der Waals surface area contributed by atoms with Crippen LogP contribution in [0.3, 0.4) is 0 Å². The van der Waals surface area contributed by atoms with E-state index in [1.54, 1.807) is 12.1 Å². The fourth-order valence-corrected chi connectivity index (χ4v) is 2.76. The van der Waals surface area contributed by atoms with Gasteiger partial charge in [0, 0.05) is 6.61 Å². The van der Waals surface area contributed by atoms with Gasteiger partial charge in [-0.1, -0.05) is 70.1 Å². The van der Waals surface area contributed by atoms with Crippen molar-refractivity contribution in [3.05, 3.63) is 30.3 Å². The predicted molar refractivity (Wildman–Crippen MR) is 103 cm³/mol. The largest absolute Gasteiger partial charge is 0.490 e. The molecule has 0 aliphatic heterocycles. The van der Waals surface area contributed by atoms with E-state index in [0.29, 0.717) is 24.7 Å². The normalized spacial score (nSPS) is 10.6. The van der Waals surface area contributed by atoms with Crippen LogP contribution in [0, 0.1) is 0 Å². The number of hydrogen-bond donors (Lipinski definition) is 2. The van der Waals surface area contributed by atoms with Crippen molar-refractivity contribution in [2.45, 2.75) is 64.2 Å². The summed E-state index contributed by atoms with van der Waals surface area (Å²) in [5.74, 6) is 1.23. The third-order valence-corrected chi connectivity index (χ3v) is 4.23. The van der Waals surface area contributed by atoms with Crippen LogP contribution in [0.25, 0.3) is 6.08 Å². The number of rotatable bonds is 16. The number of unbranched alkanes of at least 4 members (excludes halogenated alkanes) is 9. The van der Waals surface area contributed by atoms with E-state index in [1.807, 2.05) is 12.1 Å². The third-order valence-electron chi connectivity index (χ3n) is 4.23. The Bertz CT molecular complexity index is 459. The third kappa shape index (κ3) is 10.1. The Balaban J connectivity index is 2.08. The van der Waals surface area contributed by atoms with Gasteiger partial charge in [-0.3, -0.25) is 0 Å². The van der Waals surface area contributed by atoms with Crippen LogP contribution in [-0.4, -0.2) is 30.2 Å². The van der Waals surface area contributed by atoms with Crippen molar-refractivity contribution in [3.8, 4) is 11.5 Å². The van der Waals surface area contributed by atoms with Crippen LogP contribution in [0.1, 0.15) is 69.8 Å². The maximum absolute atomic E-state index is 8.93. The summed E-state index contributed by atoms with van der Waals surface area (Å²) in [7, 11) is 0. The minimum Gasteiger partial charge on any atom is -0.490 e. The van der Waals surface area contributed by atoms with E-state index < -0.39 is 0 Å². The molecule has 142 valence electrons. The van der Waals surface area contributed by atoms with Gasteiger partial charge < -0.3 is 19.7 Å². The standard InChI is InChI=1S/C21H34O4/c1-2-19-13-14-20(25-18-23)21(17-19)24-16-12-10-8-6-4-3-5-7-9-11-15-22/h2,13-14,17,22-23H,1,3-12,15-16,18H2. The Hall–Kier alpha value is -1.52. The molecule has 0 saturated heterocycles. The van der Waals surface area contributed by atoms with E-state index in [-0.39, 0.29) is 6.79 Å². The number of aliphatic hydroxyl groups is 2. The van der Waals surface area contributed by atoms with Crippen molar-refractivity contribution in [1.29, 1.82) is 0 Å². The van der Waals surface area contributed by atoms with Gasteiger partial charge in [-0.05, 0) is 30.5 Å². The molecule has 4 nitrogen and oxygen atoms in total. The number of ether oxygens (including phenoxy) is 2. The monoisotopic (exact) mass is 350 g/mol. The maximum atomic E-state index is 8.93. The highest BCUT2D eigenvalue weighted by atomic mass is 16.6. The van der Waals surface area contributed by atoms with E-state index in [9.17, 15) is 0 Å². The first-order valence-corrected chi connectivity index (χ1v) is 9.55. The summed E-state index contributed by atoms with van der Waals surface area (Å²) in [6, 6.07) is 5.56. The Kier molecular flexibility index (Phi) is 12.7. The van der Waals surface area contributed by atoms with Gasteiger partial charge in [0.05, 0.1) is 6.61 Å². The Morgan fingerprint density at radius 2 is 1.36 bits per heavy atom. The van der Waals surface area contributed by atoms with E-state index in [0.717, 1.165) is 24.8 Å². The van der Waals surface area contributed by atoms with Crippen molar-refractivity contribution < 1.29 is 19.7 Å². The van der Waals surface area contributed by atoms with Crippen molar-refractivity contribution in [2.75, 3.05) is 20.0 Å². The zero-order valence-corrected chi connectivity index (χ0v) is 15.4. The summed E-state index contributed by atoms with van der Waals surface area (Å²) < 4.78 is 11.0. The fourth-order valence-electron chi connectivity index (χ4n) is 2.76. The van der Waals surface area contributed by atoms with Crippen LogP contribution in [0.5, 0.6) is 11.5 Å². The van der Waals surface area contributed by atoms with Gasteiger partial charge in [-0.15, -0.1) is 0 Å². The van der Waals surface area contributed by atoms with Gasteiger partial charge in [-0.2, -0.15) is 0 Å². The molecule has 0 saturated carbocycles. The number of hydrogen-bond acceptors (Lipinski definition) is 4. The van der Waals surface area contributed by atoms with E-state index in [1.165, 1.54) is 44.9 Å². The van der Waals surface area contributed by atoms with Crippen LogP contribution in [-0.2, 0) is 0 Å². The zero-order valence-electron chi connectivity index (χ0n) is 15.4. The summed E-state index contributed by atoms with van der Waals surface area (Å²) in [4.78, 5) is 0. The second-order valence-corrected chi connectivity index (χ2v) is 6.29. The molecule has 25 heavy (non-hydrogen) atoms. The molecule has 0 unspecified atom stereocenters. The Morgan fingerprint density at radius 3 is 1.92 bits per heavy atom. The van der Waals surface area contributed by atoms with Gasteiger partial charge in [-0.25, -0.2) is 0 Å². The minimum atomic E-state index is -0.357. The molecule has 0 spiro atoms. The molecular formula is C21H34O4. The highest BCUT2D eigenvalue weighted by Gasteiger charge is 2.05. The Labute approximate surface area is 152 Å². The van der Waals surface area contributed by atoms with Crippen molar-refractivity contribution in [1.82, 2.24) is 0 Å². The molecule has 0 aliphatic carbocycles. The molecule has 0 fully saturated rings. The van der Waals surface area contributed by atoms with Crippen LogP contribution in [0.4, 0.5) is 0 Å². The van der Waals surface area contributed by atoms with Crippen molar-refractivity contribution in [2.24, 2.45) is 0 Å². The van der Waals surface area contributed by atoms with Crippen LogP contribution < -0.4 is 9.47 Å². The highest BCUT2D eigenvalue weighted by molar-refractivity contribution is 5.54. The Morgan fingerprint density at radius 1 is 0.760 bits per heavy atom. The lowest BCUT2D eigenvalue weighted by molar-refractivity contribution is 0.0942. The summed E-state index contributed by atoms with van der Waals surface area (Å²) in [5, 5.41) is 17.7. The van der Waals surface area contributed by atoms with E-state index in [2.05, 4.69) is 6.58 Å². The number of benzene rings is 1. The first-order valence-electron chi connectivity index (χ1n) is 9.55. The maximum Gasteiger partial charge on any atom is 0.186 e. The lowest BCUT2D eigenvalue weighted by atomic mass is 10.1. The first kappa shape index (κ1) is 21.5. The average molecular weight is 350 g/mol. The fraction of sp³-hybridized carbons (Fsp3) is 0.619. The van der Waals surface area contributed by atoms with Crippen molar-refractivity contribution >= 4 is 6.08 Å². The van der Waals surface area contributed by atoms with Crippen molar-refractivity contribution in [3.63, 3.8) is 0 Å². The quantitative estimate of drug-likeness (QED) is 0.328. The molecule has 0 radical (unpaired) electrons. The molecule has 1 aromatic carbocycles.